The van der Waals surface area contributed by atoms with Crippen molar-refractivity contribution in [3.8, 4) is 5.69 Å². The molecule has 1 amide bonds. The van der Waals surface area contributed by atoms with Crippen LogP contribution in [0.2, 0.25) is 0 Å². The highest BCUT2D eigenvalue weighted by molar-refractivity contribution is 5.90. The van der Waals surface area contributed by atoms with Crippen LogP contribution < -0.4 is 0 Å². The van der Waals surface area contributed by atoms with Crippen LogP contribution in [0.4, 0.5) is 4.39 Å². The van der Waals surface area contributed by atoms with Crippen molar-refractivity contribution in [3.63, 3.8) is 0 Å². The fourth-order valence-corrected chi connectivity index (χ4v) is 3.14. The van der Waals surface area contributed by atoms with Crippen LogP contribution in [0.3, 0.4) is 0 Å². The molecule has 1 aromatic carbocycles. The fraction of sp³-hybridized carbons (Fsp3) is 0.471. The van der Waals surface area contributed by atoms with Crippen LogP contribution in [0.15, 0.2) is 24.3 Å². The van der Waals surface area contributed by atoms with E-state index in [1.54, 1.807) is 35.7 Å². The molecule has 0 saturated heterocycles. The van der Waals surface area contributed by atoms with Crippen molar-refractivity contribution >= 4 is 5.91 Å². The molecule has 0 atom stereocenters. The van der Waals surface area contributed by atoms with Crippen LogP contribution in [0.5, 0.6) is 0 Å². The van der Waals surface area contributed by atoms with Crippen molar-refractivity contribution in [1.29, 1.82) is 0 Å². The summed E-state index contributed by atoms with van der Waals surface area (Å²) in [5.41, 5.74) is 0.689. The second-order valence-electron chi connectivity index (χ2n) is 6.21. The summed E-state index contributed by atoms with van der Waals surface area (Å²) in [6.45, 7) is 2.53. The van der Waals surface area contributed by atoms with Gasteiger partial charge in [-0.05, 0) is 49.9 Å². The summed E-state index contributed by atoms with van der Waals surface area (Å²) in [7, 11) is 1.80. The molecule has 0 bridgehead atoms. The number of hydrogen-bond acceptors (Lipinski definition) is 3. The van der Waals surface area contributed by atoms with Gasteiger partial charge >= 0.3 is 0 Å². The zero-order chi connectivity index (χ0) is 16.4. The van der Waals surface area contributed by atoms with Crippen LogP contribution in [0.1, 0.15) is 42.1 Å². The normalized spacial score (nSPS) is 15.1. The predicted molar refractivity (Wildman–Crippen MR) is 85.0 cm³/mol. The third-order valence-corrected chi connectivity index (χ3v) is 4.38. The Morgan fingerprint density at radius 3 is 2.61 bits per heavy atom. The minimum absolute atomic E-state index is 0.166. The van der Waals surface area contributed by atoms with Crippen LogP contribution in [-0.2, 0) is 0 Å². The Labute approximate surface area is 135 Å². The topological polar surface area (TPSA) is 51.0 Å². The van der Waals surface area contributed by atoms with Gasteiger partial charge in [0.25, 0.3) is 5.91 Å². The Kier molecular flexibility index (Phi) is 4.41. The minimum Gasteiger partial charge on any atom is -0.339 e. The number of benzene rings is 1. The second-order valence-corrected chi connectivity index (χ2v) is 6.21. The van der Waals surface area contributed by atoms with Crippen LogP contribution in [0.25, 0.3) is 5.69 Å². The van der Waals surface area contributed by atoms with Crippen molar-refractivity contribution in [2.24, 2.45) is 5.92 Å². The molecule has 1 heterocycles. The Hall–Kier alpha value is -2.24. The molecule has 5 nitrogen and oxygen atoms in total. The highest BCUT2D eigenvalue weighted by atomic mass is 19.1. The van der Waals surface area contributed by atoms with Gasteiger partial charge in [0, 0.05) is 13.6 Å². The molecule has 1 aromatic heterocycles. The summed E-state index contributed by atoms with van der Waals surface area (Å²) in [6, 6.07) is 5.97. The van der Waals surface area contributed by atoms with Crippen molar-refractivity contribution in [1.82, 2.24) is 19.7 Å². The summed E-state index contributed by atoms with van der Waals surface area (Å²) in [4.78, 5) is 18.5. The van der Waals surface area contributed by atoms with Gasteiger partial charge in [-0.25, -0.2) is 14.1 Å². The lowest BCUT2D eigenvalue weighted by molar-refractivity contribution is 0.0761. The number of hydrogen-bond donors (Lipinski definition) is 0. The van der Waals surface area contributed by atoms with Gasteiger partial charge < -0.3 is 4.90 Å². The Morgan fingerprint density at radius 2 is 1.96 bits per heavy atom. The Bertz CT molecular complexity index is 689. The maximum Gasteiger partial charge on any atom is 0.293 e. The first kappa shape index (κ1) is 15.6. The minimum atomic E-state index is -0.306. The first-order chi connectivity index (χ1) is 11.0. The highest BCUT2D eigenvalue weighted by Crippen LogP contribution is 2.25. The first-order valence-corrected chi connectivity index (χ1v) is 7.99. The third-order valence-electron chi connectivity index (χ3n) is 4.38. The lowest BCUT2D eigenvalue weighted by atomic mass is 10.1. The number of rotatable bonds is 4. The first-order valence-electron chi connectivity index (χ1n) is 7.99. The van der Waals surface area contributed by atoms with Gasteiger partial charge in [-0.1, -0.05) is 12.8 Å². The van der Waals surface area contributed by atoms with E-state index in [1.165, 1.54) is 37.8 Å². The van der Waals surface area contributed by atoms with E-state index >= 15 is 0 Å². The molecule has 23 heavy (non-hydrogen) atoms. The van der Waals surface area contributed by atoms with Crippen LogP contribution in [-0.4, -0.2) is 39.2 Å². The van der Waals surface area contributed by atoms with E-state index in [0.717, 1.165) is 6.54 Å². The van der Waals surface area contributed by atoms with E-state index in [4.69, 9.17) is 0 Å². The monoisotopic (exact) mass is 316 g/mol. The molecule has 0 spiro atoms. The Morgan fingerprint density at radius 1 is 1.30 bits per heavy atom. The quantitative estimate of drug-likeness (QED) is 0.871. The molecule has 1 aliphatic carbocycles. The molecule has 0 unspecified atom stereocenters. The van der Waals surface area contributed by atoms with Gasteiger partial charge in [-0.15, -0.1) is 5.10 Å². The smallest absolute Gasteiger partial charge is 0.293 e. The van der Waals surface area contributed by atoms with Crippen molar-refractivity contribution in [2.45, 2.75) is 32.6 Å². The van der Waals surface area contributed by atoms with E-state index in [9.17, 15) is 9.18 Å². The molecule has 1 aliphatic rings. The van der Waals surface area contributed by atoms with E-state index < -0.39 is 0 Å². The predicted octanol–water partition coefficient (Wildman–Crippen LogP) is 2.98. The van der Waals surface area contributed by atoms with Gasteiger partial charge in [0.05, 0.1) is 5.69 Å². The molecule has 0 aliphatic heterocycles. The number of amides is 1. The average molecular weight is 316 g/mol. The number of carbonyl (C=O) groups excluding carboxylic acids is 1. The Balaban J connectivity index is 1.76. The zero-order valence-corrected chi connectivity index (χ0v) is 13.5. The number of halogens is 1. The molecular formula is C17H21FN4O. The number of carbonyl (C=O) groups is 1. The van der Waals surface area contributed by atoms with Crippen LogP contribution >= 0.6 is 0 Å². The van der Waals surface area contributed by atoms with Gasteiger partial charge in [0.2, 0.25) is 5.82 Å². The molecule has 0 radical (unpaired) electrons. The van der Waals surface area contributed by atoms with E-state index in [2.05, 4.69) is 10.1 Å². The van der Waals surface area contributed by atoms with E-state index in [-0.39, 0.29) is 17.5 Å². The van der Waals surface area contributed by atoms with Crippen molar-refractivity contribution < 1.29 is 9.18 Å². The van der Waals surface area contributed by atoms with Gasteiger partial charge in [0.15, 0.2) is 0 Å². The molecule has 1 saturated carbocycles. The van der Waals surface area contributed by atoms with E-state index in [0.29, 0.717) is 17.4 Å². The van der Waals surface area contributed by atoms with Crippen molar-refractivity contribution in [2.75, 3.05) is 13.6 Å². The van der Waals surface area contributed by atoms with Crippen LogP contribution in [0, 0.1) is 18.7 Å². The summed E-state index contributed by atoms with van der Waals surface area (Å²) in [5, 5.41) is 4.30. The summed E-state index contributed by atoms with van der Waals surface area (Å²) in [5.74, 6) is 0.908. The molecule has 2 aromatic rings. The summed E-state index contributed by atoms with van der Waals surface area (Å²) < 4.78 is 14.6. The molecule has 1 fully saturated rings. The largest absolute Gasteiger partial charge is 0.339 e. The second kappa shape index (κ2) is 6.48. The molecule has 3 rings (SSSR count). The SMILES string of the molecule is Cc1nc(C(=O)N(C)CC2CCCC2)nn1-c1ccc(F)cc1. The summed E-state index contributed by atoms with van der Waals surface area (Å²) in [6.07, 6.45) is 4.88. The van der Waals surface area contributed by atoms with Crippen molar-refractivity contribution in [3.05, 3.63) is 41.7 Å². The number of aromatic nitrogens is 3. The molecule has 122 valence electrons. The third kappa shape index (κ3) is 3.41. The maximum atomic E-state index is 13.0. The standard InChI is InChI=1S/C17H21FN4O/c1-12-19-16(17(23)21(2)11-13-5-3-4-6-13)20-22(12)15-9-7-14(18)8-10-15/h7-10,13H,3-6,11H2,1-2H3. The lowest BCUT2D eigenvalue weighted by Gasteiger charge is -2.19. The van der Waals surface area contributed by atoms with Gasteiger partial charge in [0.1, 0.15) is 11.6 Å². The average Bonchev–Trinajstić information content (AvgIpc) is 3.17. The number of nitrogens with zero attached hydrogens (tertiary/aromatic N) is 4. The fourth-order valence-electron chi connectivity index (χ4n) is 3.14. The molecule has 0 N–H and O–H groups in total. The summed E-state index contributed by atoms with van der Waals surface area (Å²) >= 11 is 0. The molecule has 6 heteroatoms. The van der Waals surface area contributed by atoms with Gasteiger partial charge in [-0.3, -0.25) is 4.79 Å². The maximum absolute atomic E-state index is 13.0. The highest BCUT2D eigenvalue weighted by Gasteiger charge is 2.23. The lowest BCUT2D eigenvalue weighted by Crippen LogP contribution is -2.32. The zero-order valence-electron chi connectivity index (χ0n) is 13.5. The van der Waals surface area contributed by atoms with Gasteiger partial charge in [-0.2, -0.15) is 0 Å². The number of aryl methyl sites for hydroxylation is 1. The molecular weight excluding hydrogens is 295 g/mol. The van der Waals surface area contributed by atoms with E-state index in [1.807, 2.05) is 0 Å².